The lowest BCUT2D eigenvalue weighted by atomic mass is 10.1. The molecule has 2 aromatic rings. The van der Waals surface area contributed by atoms with Gasteiger partial charge in [0, 0.05) is 17.6 Å². The van der Waals surface area contributed by atoms with Crippen molar-refractivity contribution in [3.63, 3.8) is 0 Å². The van der Waals surface area contributed by atoms with E-state index in [4.69, 9.17) is 16.3 Å². The van der Waals surface area contributed by atoms with Gasteiger partial charge in [0.1, 0.15) is 11.8 Å². The Morgan fingerprint density at radius 3 is 2.28 bits per heavy atom. The SMILES string of the molecule is CC[C@@H](C)NC(=O)[C@@H](C)N(Cc1ccc(C)cc1)C(=O)COc1ccc(Cl)cc1. The van der Waals surface area contributed by atoms with E-state index >= 15 is 0 Å². The molecule has 0 aromatic heterocycles. The molecule has 2 amide bonds. The second-order valence-corrected chi connectivity index (χ2v) is 7.68. The van der Waals surface area contributed by atoms with Gasteiger partial charge in [-0.05, 0) is 57.0 Å². The Kier molecular flexibility index (Phi) is 8.52. The molecule has 2 atom stereocenters. The zero-order valence-electron chi connectivity index (χ0n) is 17.4. The third kappa shape index (κ3) is 7.09. The van der Waals surface area contributed by atoms with Gasteiger partial charge in [-0.2, -0.15) is 0 Å². The van der Waals surface area contributed by atoms with Crippen LogP contribution in [0.25, 0.3) is 0 Å². The minimum absolute atomic E-state index is 0.0478. The first-order chi connectivity index (χ1) is 13.8. The molecule has 2 rings (SSSR count). The smallest absolute Gasteiger partial charge is 0.261 e. The summed E-state index contributed by atoms with van der Waals surface area (Å²) in [6.07, 6.45) is 0.823. The normalized spacial score (nSPS) is 12.7. The van der Waals surface area contributed by atoms with E-state index < -0.39 is 6.04 Å². The van der Waals surface area contributed by atoms with Crippen LogP contribution in [-0.2, 0) is 16.1 Å². The molecule has 1 N–H and O–H groups in total. The van der Waals surface area contributed by atoms with E-state index in [1.807, 2.05) is 45.0 Å². The molecular weight excluding hydrogens is 388 g/mol. The van der Waals surface area contributed by atoms with Gasteiger partial charge < -0.3 is 15.0 Å². The van der Waals surface area contributed by atoms with Gasteiger partial charge in [-0.3, -0.25) is 9.59 Å². The predicted octanol–water partition coefficient (Wildman–Crippen LogP) is 4.36. The molecule has 0 aliphatic carbocycles. The average molecular weight is 417 g/mol. The van der Waals surface area contributed by atoms with Crippen LogP contribution in [-0.4, -0.2) is 35.4 Å². The van der Waals surface area contributed by atoms with Gasteiger partial charge in [0.25, 0.3) is 5.91 Å². The first kappa shape index (κ1) is 22.8. The molecule has 0 aliphatic rings. The Morgan fingerprint density at radius 2 is 1.69 bits per heavy atom. The summed E-state index contributed by atoms with van der Waals surface area (Å²) in [5.41, 5.74) is 2.10. The first-order valence-corrected chi connectivity index (χ1v) is 10.2. The van der Waals surface area contributed by atoms with Crippen LogP contribution in [0.5, 0.6) is 5.75 Å². The monoisotopic (exact) mass is 416 g/mol. The van der Waals surface area contributed by atoms with Crippen molar-refractivity contribution in [3.05, 3.63) is 64.7 Å². The number of hydrogen-bond donors (Lipinski definition) is 1. The van der Waals surface area contributed by atoms with Gasteiger partial charge >= 0.3 is 0 Å². The number of ether oxygens (including phenoxy) is 1. The van der Waals surface area contributed by atoms with Crippen LogP contribution in [0.15, 0.2) is 48.5 Å². The molecule has 0 spiro atoms. The number of aryl methyl sites for hydroxylation is 1. The third-order valence-corrected chi connectivity index (χ3v) is 5.07. The summed E-state index contributed by atoms with van der Waals surface area (Å²) in [6.45, 7) is 7.87. The fourth-order valence-electron chi connectivity index (χ4n) is 2.70. The van der Waals surface area contributed by atoms with E-state index in [9.17, 15) is 9.59 Å². The highest BCUT2D eigenvalue weighted by molar-refractivity contribution is 6.30. The molecule has 0 unspecified atom stereocenters. The van der Waals surface area contributed by atoms with E-state index in [1.54, 1.807) is 36.1 Å². The van der Waals surface area contributed by atoms with E-state index in [0.717, 1.165) is 17.5 Å². The number of carbonyl (C=O) groups excluding carboxylic acids is 2. The van der Waals surface area contributed by atoms with Crippen molar-refractivity contribution in [1.29, 1.82) is 0 Å². The number of amides is 2. The Bertz CT molecular complexity index is 806. The number of rotatable bonds is 9. The highest BCUT2D eigenvalue weighted by atomic mass is 35.5. The molecule has 0 saturated carbocycles. The largest absolute Gasteiger partial charge is 0.484 e. The zero-order valence-corrected chi connectivity index (χ0v) is 18.2. The molecule has 0 heterocycles. The van der Waals surface area contributed by atoms with E-state index in [0.29, 0.717) is 17.3 Å². The van der Waals surface area contributed by atoms with Crippen molar-refractivity contribution in [2.24, 2.45) is 0 Å². The summed E-state index contributed by atoms with van der Waals surface area (Å²) >= 11 is 5.88. The van der Waals surface area contributed by atoms with Crippen LogP contribution in [0.1, 0.15) is 38.3 Å². The van der Waals surface area contributed by atoms with Crippen LogP contribution < -0.4 is 10.1 Å². The van der Waals surface area contributed by atoms with Crippen molar-refractivity contribution < 1.29 is 14.3 Å². The van der Waals surface area contributed by atoms with E-state index in [1.165, 1.54) is 0 Å². The summed E-state index contributed by atoms with van der Waals surface area (Å²) in [5.74, 6) is 0.119. The number of halogens is 1. The summed E-state index contributed by atoms with van der Waals surface area (Å²) in [4.78, 5) is 27.2. The zero-order chi connectivity index (χ0) is 21.4. The first-order valence-electron chi connectivity index (χ1n) is 9.84. The highest BCUT2D eigenvalue weighted by Gasteiger charge is 2.27. The van der Waals surface area contributed by atoms with E-state index in [-0.39, 0.29) is 24.5 Å². The standard InChI is InChI=1S/C23H29ClN2O3/c1-5-17(3)25-23(28)18(4)26(14-19-8-6-16(2)7-9-19)22(27)15-29-21-12-10-20(24)11-13-21/h6-13,17-18H,5,14-15H2,1-4H3,(H,25,28)/t17-,18-/m1/s1. The predicted molar refractivity (Wildman–Crippen MR) is 116 cm³/mol. The number of nitrogens with one attached hydrogen (secondary N) is 1. The third-order valence-electron chi connectivity index (χ3n) is 4.82. The quantitative estimate of drug-likeness (QED) is 0.660. The van der Waals surface area contributed by atoms with Crippen molar-refractivity contribution in [1.82, 2.24) is 10.2 Å². The summed E-state index contributed by atoms with van der Waals surface area (Å²) < 4.78 is 5.61. The maximum absolute atomic E-state index is 13.0. The minimum Gasteiger partial charge on any atom is -0.484 e. The maximum Gasteiger partial charge on any atom is 0.261 e. The molecule has 0 aliphatic heterocycles. The molecule has 156 valence electrons. The number of benzene rings is 2. The van der Waals surface area contributed by atoms with Gasteiger partial charge in [0.15, 0.2) is 6.61 Å². The Balaban J connectivity index is 2.13. The molecule has 0 bridgehead atoms. The molecule has 0 fully saturated rings. The molecule has 0 saturated heterocycles. The number of hydrogen-bond acceptors (Lipinski definition) is 3. The van der Waals surface area contributed by atoms with Crippen molar-refractivity contribution >= 4 is 23.4 Å². The fourth-order valence-corrected chi connectivity index (χ4v) is 2.82. The number of carbonyl (C=O) groups is 2. The molecule has 5 nitrogen and oxygen atoms in total. The minimum atomic E-state index is -0.619. The van der Waals surface area contributed by atoms with Gasteiger partial charge in [0.2, 0.25) is 5.91 Å². The number of nitrogens with zero attached hydrogens (tertiary/aromatic N) is 1. The summed E-state index contributed by atoms with van der Waals surface area (Å²) in [5, 5.41) is 3.55. The average Bonchev–Trinajstić information content (AvgIpc) is 2.72. The molecule has 2 aromatic carbocycles. The highest BCUT2D eigenvalue weighted by Crippen LogP contribution is 2.16. The fraction of sp³-hybridized carbons (Fsp3) is 0.391. The van der Waals surface area contributed by atoms with Crippen molar-refractivity contribution in [2.45, 2.75) is 52.7 Å². The van der Waals surface area contributed by atoms with Crippen LogP contribution in [0, 0.1) is 6.92 Å². The Hall–Kier alpha value is -2.53. The van der Waals surface area contributed by atoms with Crippen LogP contribution in [0.3, 0.4) is 0 Å². The van der Waals surface area contributed by atoms with Gasteiger partial charge in [-0.25, -0.2) is 0 Å². The maximum atomic E-state index is 13.0. The van der Waals surface area contributed by atoms with E-state index in [2.05, 4.69) is 5.32 Å². The second kappa shape index (κ2) is 10.9. The van der Waals surface area contributed by atoms with Crippen LogP contribution in [0.4, 0.5) is 0 Å². The second-order valence-electron chi connectivity index (χ2n) is 7.24. The van der Waals surface area contributed by atoms with Crippen LogP contribution in [0.2, 0.25) is 5.02 Å². The summed E-state index contributed by atoms with van der Waals surface area (Å²) in [7, 11) is 0. The lowest BCUT2D eigenvalue weighted by Gasteiger charge is -2.29. The van der Waals surface area contributed by atoms with Gasteiger partial charge in [-0.1, -0.05) is 48.4 Å². The Labute approximate surface area is 178 Å². The molecular formula is C23H29ClN2O3. The lowest BCUT2D eigenvalue weighted by Crippen LogP contribution is -2.50. The van der Waals surface area contributed by atoms with Crippen molar-refractivity contribution in [2.75, 3.05) is 6.61 Å². The van der Waals surface area contributed by atoms with Crippen molar-refractivity contribution in [3.8, 4) is 5.75 Å². The molecule has 6 heteroatoms. The van der Waals surface area contributed by atoms with Crippen LogP contribution >= 0.6 is 11.6 Å². The van der Waals surface area contributed by atoms with Gasteiger partial charge in [0.05, 0.1) is 0 Å². The van der Waals surface area contributed by atoms with Gasteiger partial charge in [-0.15, -0.1) is 0 Å². The Morgan fingerprint density at radius 1 is 1.07 bits per heavy atom. The molecule has 29 heavy (non-hydrogen) atoms. The topological polar surface area (TPSA) is 58.6 Å². The summed E-state index contributed by atoms with van der Waals surface area (Å²) in [6, 6.07) is 14.2. The lowest BCUT2D eigenvalue weighted by molar-refractivity contribution is -0.142. The molecule has 0 radical (unpaired) electrons.